The zero-order chi connectivity index (χ0) is 11.9. The Bertz CT molecular complexity index is 562. The topological polar surface area (TPSA) is 67.5 Å². The van der Waals surface area contributed by atoms with Crippen molar-refractivity contribution in [2.24, 2.45) is 0 Å². The Morgan fingerprint density at radius 3 is 2.75 bits per heavy atom. The second kappa shape index (κ2) is 3.55. The van der Waals surface area contributed by atoms with Gasteiger partial charge in [-0.25, -0.2) is 9.18 Å². The molecule has 0 saturated carbocycles. The van der Waals surface area contributed by atoms with E-state index in [2.05, 4.69) is 10.2 Å². The normalized spacial score (nSPS) is 11.2. The third kappa shape index (κ3) is 1.52. The summed E-state index contributed by atoms with van der Waals surface area (Å²) in [5.41, 5.74) is -0.0167. The molecular formula is C10H10FN3O2. The lowest BCUT2D eigenvalue weighted by atomic mass is 10.2. The van der Waals surface area contributed by atoms with Gasteiger partial charge in [-0.15, -0.1) is 10.2 Å². The van der Waals surface area contributed by atoms with Crippen molar-refractivity contribution in [2.75, 3.05) is 0 Å². The van der Waals surface area contributed by atoms with Crippen LogP contribution in [0.25, 0.3) is 5.65 Å². The molecule has 2 aromatic heterocycles. The van der Waals surface area contributed by atoms with E-state index in [4.69, 9.17) is 5.11 Å². The Morgan fingerprint density at radius 1 is 1.50 bits per heavy atom. The Labute approximate surface area is 90.5 Å². The molecule has 16 heavy (non-hydrogen) atoms. The van der Waals surface area contributed by atoms with Gasteiger partial charge in [-0.2, -0.15) is 0 Å². The summed E-state index contributed by atoms with van der Waals surface area (Å²) in [7, 11) is 0. The highest BCUT2D eigenvalue weighted by molar-refractivity contribution is 5.94. The van der Waals surface area contributed by atoms with Crippen LogP contribution in [-0.4, -0.2) is 25.7 Å². The molecule has 0 aliphatic rings. The van der Waals surface area contributed by atoms with Crippen LogP contribution in [0.3, 0.4) is 0 Å². The van der Waals surface area contributed by atoms with E-state index in [0.717, 1.165) is 6.07 Å². The maximum absolute atomic E-state index is 13.2. The van der Waals surface area contributed by atoms with Crippen molar-refractivity contribution >= 4 is 11.6 Å². The number of carboxylic acid groups (broad SMARTS) is 1. The molecule has 0 amide bonds. The van der Waals surface area contributed by atoms with Crippen LogP contribution in [-0.2, 0) is 0 Å². The molecule has 6 heteroatoms. The molecule has 0 aromatic carbocycles. The minimum absolute atomic E-state index is 0.0402. The van der Waals surface area contributed by atoms with E-state index in [1.54, 1.807) is 0 Å². The van der Waals surface area contributed by atoms with E-state index in [1.165, 1.54) is 10.6 Å². The predicted octanol–water partition coefficient (Wildman–Crippen LogP) is 1.69. The summed E-state index contributed by atoms with van der Waals surface area (Å²) in [5.74, 6) is -1.26. The first-order valence-corrected chi connectivity index (χ1v) is 4.78. The van der Waals surface area contributed by atoms with Crippen LogP contribution in [0.2, 0.25) is 0 Å². The van der Waals surface area contributed by atoms with E-state index in [-0.39, 0.29) is 17.1 Å². The zero-order valence-corrected chi connectivity index (χ0v) is 8.81. The van der Waals surface area contributed by atoms with Gasteiger partial charge in [-0.1, -0.05) is 13.8 Å². The van der Waals surface area contributed by atoms with Crippen molar-refractivity contribution in [1.82, 2.24) is 14.6 Å². The van der Waals surface area contributed by atoms with Crippen LogP contribution in [0.4, 0.5) is 4.39 Å². The number of halogens is 1. The van der Waals surface area contributed by atoms with E-state index in [0.29, 0.717) is 5.82 Å². The lowest BCUT2D eigenvalue weighted by Crippen LogP contribution is -2.04. The number of hydrogen-bond donors (Lipinski definition) is 1. The number of pyridine rings is 1. The first-order chi connectivity index (χ1) is 7.50. The average Bonchev–Trinajstić information content (AvgIpc) is 2.59. The van der Waals surface area contributed by atoms with Crippen LogP contribution >= 0.6 is 0 Å². The Kier molecular flexibility index (Phi) is 2.34. The van der Waals surface area contributed by atoms with E-state index >= 15 is 0 Å². The van der Waals surface area contributed by atoms with E-state index in [1.807, 2.05) is 13.8 Å². The molecule has 84 valence electrons. The van der Waals surface area contributed by atoms with Crippen molar-refractivity contribution in [1.29, 1.82) is 0 Å². The standard InChI is InChI=1S/C10H10FN3O2/c1-5(2)8-12-13-9-7(10(15)16)3-6(11)4-14(8)9/h3-5H,1-2H3,(H,15,16). The van der Waals surface area contributed by atoms with Crippen LogP contribution in [0.5, 0.6) is 0 Å². The monoisotopic (exact) mass is 223 g/mol. The summed E-state index contributed by atoms with van der Waals surface area (Å²) in [6.45, 7) is 3.75. The summed E-state index contributed by atoms with van der Waals surface area (Å²) in [4.78, 5) is 10.9. The van der Waals surface area contributed by atoms with Gasteiger partial charge in [-0.3, -0.25) is 4.40 Å². The van der Waals surface area contributed by atoms with Crippen LogP contribution in [0.1, 0.15) is 35.9 Å². The van der Waals surface area contributed by atoms with E-state index < -0.39 is 11.8 Å². The minimum Gasteiger partial charge on any atom is -0.478 e. The first kappa shape index (κ1) is 10.5. The highest BCUT2D eigenvalue weighted by Gasteiger charge is 2.17. The molecule has 0 radical (unpaired) electrons. The van der Waals surface area contributed by atoms with Gasteiger partial charge < -0.3 is 5.11 Å². The molecule has 5 nitrogen and oxygen atoms in total. The highest BCUT2D eigenvalue weighted by atomic mass is 19.1. The molecule has 1 N–H and O–H groups in total. The number of fused-ring (bicyclic) bond motifs is 1. The lowest BCUT2D eigenvalue weighted by Gasteiger charge is -2.03. The second-order valence-electron chi connectivity index (χ2n) is 3.78. The van der Waals surface area contributed by atoms with Gasteiger partial charge in [0, 0.05) is 12.1 Å². The number of aromatic carboxylic acids is 1. The van der Waals surface area contributed by atoms with E-state index in [9.17, 15) is 9.18 Å². The van der Waals surface area contributed by atoms with Crippen molar-refractivity contribution < 1.29 is 14.3 Å². The minimum atomic E-state index is -1.22. The fourth-order valence-electron chi connectivity index (χ4n) is 1.53. The molecule has 0 aliphatic carbocycles. The first-order valence-electron chi connectivity index (χ1n) is 4.78. The van der Waals surface area contributed by atoms with Crippen molar-refractivity contribution in [3.8, 4) is 0 Å². The maximum atomic E-state index is 13.2. The Balaban J connectivity index is 2.81. The quantitative estimate of drug-likeness (QED) is 0.841. The molecule has 2 aromatic rings. The summed E-state index contributed by atoms with van der Waals surface area (Å²) < 4.78 is 14.6. The molecule has 0 bridgehead atoms. The fourth-order valence-corrected chi connectivity index (χ4v) is 1.53. The third-order valence-electron chi connectivity index (χ3n) is 2.24. The number of rotatable bonds is 2. The molecule has 0 fully saturated rings. The van der Waals surface area contributed by atoms with Crippen LogP contribution in [0.15, 0.2) is 12.3 Å². The van der Waals surface area contributed by atoms with Gasteiger partial charge in [0.15, 0.2) is 5.65 Å². The third-order valence-corrected chi connectivity index (χ3v) is 2.24. The number of hydrogen-bond acceptors (Lipinski definition) is 3. The smallest absolute Gasteiger partial charge is 0.339 e. The summed E-state index contributed by atoms with van der Waals surface area (Å²) >= 11 is 0. The summed E-state index contributed by atoms with van der Waals surface area (Å²) in [6, 6.07) is 0.941. The second-order valence-corrected chi connectivity index (χ2v) is 3.78. The van der Waals surface area contributed by atoms with Crippen LogP contribution < -0.4 is 0 Å². The number of carboxylic acids is 1. The number of aromatic nitrogens is 3. The molecule has 0 unspecified atom stereocenters. The van der Waals surface area contributed by atoms with Gasteiger partial charge in [0.1, 0.15) is 17.2 Å². The van der Waals surface area contributed by atoms with Crippen molar-refractivity contribution in [2.45, 2.75) is 19.8 Å². The highest BCUT2D eigenvalue weighted by Crippen LogP contribution is 2.17. The zero-order valence-electron chi connectivity index (χ0n) is 8.81. The van der Waals surface area contributed by atoms with Crippen molar-refractivity contribution in [3.05, 3.63) is 29.5 Å². The largest absolute Gasteiger partial charge is 0.478 e. The maximum Gasteiger partial charge on any atom is 0.339 e. The Hall–Kier alpha value is -1.98. The van der Waals surface area contributed by atoms with Gasteiger partial charge in [-0.05, 0) is 6.07 Å². The lowest BCUT2D eigenvalue weighted by molar-refractivity contribution is 0.0697. The molecule has 2 heterocycles. The van der Waals surface area contributed by atoms with Gasteiger partial charge >= 0.3 is 5.97 Å². The van der Waals surface area contributed by atoms with Crippen LogP contribution in [0, 0.1) is 5.82 Å². The molecule has 0 aliphatic heterocycles. The fraction of sp³-hybridized carbons (Fsp3) is 0.300. The molecule has 0 atom stereocenters. The SMILES string of the molecule is CC(C)c1nnc2c(C(=O)O)cc(F)cn12. The van der Waals surface area contributed by atoms with Gasteiger partial charge in [0.05, 0.1) is 0 Å². The van der Waals surface area contributed by atoms with Gasteiger partial charge in [0.2, 0.25) is 0 Å². The molecule has 2 rings (SSSR count). The van der Waals surface area contributed by atoms with Crippen molar-refractivity contribution in [3.63, 3.8) is 0 Å². The molecule has 0 saturated heterocycles. The Morgan fingerprint density at radius 2 is 2.19 bits per heavy atom. The van der Waals surface area contributed by atoms with Gasteiger partial charge in [0.25, 0.3) is 0 Å². The summed E-state index contributed by atoms with van der Waals surface area (Å²) in [6.07, 6.45) is 1.19. The molecule has 0 spiro atoms. The summed E-state index contributed by atoms with van der Waals surface area (Å²) in [5, 5.41) is 16.5. The average molecular weight is 223 g/mol. The predicted molar refractivity (Wildman–Crippen MR) is 54.0 cm³/mol. The number of carbonyl (C=O) groups is 1. The molecular weight excluding hydrogens is 213 g/mol. The number of nitrogens with zero attached hydrogens (tertiary/aromatic N) is 3.